The Hall–Kier alpha value is -0.923. The van der Waals surface area contributed by atoms with Gasteiger partial charge in [0.1, 0.15) is 5.92 Å². The van der Waals surface area contributed by atoms with Crippen molar-refractivity contribution in [3.63, 3.8) is 0 Å². The number of ether oxygens (including phenoxy) is 2. The molecule has 112 valence electrons. The quantitative estimate of drug-likeness (QED) is 0.446. The van der Waals surface area contributed by atoms with E-state index >= 15 is 0 Å². The Morgan fingerprint density at radius 2 is 1.42 bits per heavy atom. The average Bonchev–Trinajstić information content (AvgIpc) is 2.33. The van der Waals surface area contributed by atoms with Crippen LogP contribution in [0.5, 0.6) is 0 Å². The fourth-order valence-corrected chi connectivity index (χ4v) is 2.73. The predicted molar refractivity (Wildman–Crippen MR) is 73.3 cm³/mol. The van der Waals surface area contributed by atoms with Crippen molar-refractivity contribution in [2.24, 2.45) is 11.8 Å². The van der Waals surface area contributed by atoms with E-state index in [1.165, 1.54) is 0 Å². The number of hydrogen-bond acceptors (Lipinski definition) is 4. The molecule has 0 radical (unpaired) electrons. The van der Waals surface area contributed by atoms with Crippen LogP contribution in [0.2, 0.25) is 5.54 Å². The van der Waals surface area contributed by atoms with E-state index in [1.54, 1.807) is 13.8 Å². The van der Waals surface area contributed by atoms with Gasteiger partial charge in [-0.1, -0.05) is 13.3 Å². The standard InChI is InChI=1S/C12H24O6Si/c1-4-7(19)8(10(13)14)9(11(15)16)12(17-5-2)18-6-3/h7-9,12H,4-6H2,1-3,19H3,(H,13,14)(H,15,16). The minimum absolute atomic E-state index is 0.137. The largest absolute Gasteiger partial charge is 0.481 e. The monoisotopic (exact) mass is 292 g/mol. The van der Waals surface area contributed by atoms with Gasteiger partial charge in [-0.3, -0.25) is 9.59 Å². The van der Waals surface area contributed by atoms with Gasteiger partial charge in [0.25, 0.3) is 0 Å². The predicted octanol–water partition coefficient (Wildman–Crippen LogP) is 0.351. The maximum atomic E-state index is 11.4. The molecule has 7 heteroatoms. The number of carboxylic acid groups (broad SMARTS) is 2. The van der Waals surface area contributed by atoms with E-state index in [2.05, 4.69) is 0 Å². The minimum Gasteiger partial charge on any atom is -0.481 e. The van der Waals surface area contributed by atoms with Crippen LogP contribution in [0.1, 0.15) is 27.2 Å². The third-order valence-corrected chi connectivity index (χ3v) is 4.70. The highest BCUT2D eigenvalue weighted by Crippen LogP contribution is 2.31. The molecule has 0 aliphatic rings. The van der Waals surface area contributed by atoms with E-state index in [4.69, 9.17) is 9.47 Å². The summed E-state index contributed by atoms with van der Waals surface area (Å²) in [6.07, 6.45) is -0.380. The summed E-state index contributed by atoms with van der Waals surface area (Å²) in [5, 5.41) is 18.7. The average molecular weight is 292 g/mol. The minimum atomic E-state index is -1.19. The third kappa shape index (κ3) is 5.29. The zero-order chi connectivity index (χ0) is 15.0. The van der Waals surface area contributed by atoms with Crippen LogP contribution in [-0.2, 0) is 19.1 Å². The first-order valence-corrected chi connectivity index (χ1v) is 7.74. The normalized spacial score (nSPS) is 16.2. The van der Waals surface area contributed by atoms with Crippen LogP contribution in [0.4, 0.5) is 0 Å². The number of carbonyl (C=O) groups is 2. The molecule has 0 aromatic heterocycles. The molecule has 0 saturated heterocycles. The second kappa shape index (κ2) is 9.06. The molecule has 0 saturated carbocycles. The molecule has 3 atom stereocenters. The van der Waals surface area contributed by atoms with Gasteiger partial charge in [0.2, 0.25) is 0 Å². The van der Waals surface area contributed by atoms with Gasteiger partial charge < -0.3 is 19.7 Å². The molecule has 0 aliphatic carbocycles. The summed E-state index contributed by atoms with van der Waals surface area (Å²) >= 11 is 0. The van der Waals surface area contributed by atoms with Crippen molar-refractivity contribution in [3.8, 4) is 0 Å². The first-order chi connectivity index (χ1) is 8.90. The molecule has 0 spiro atoms. The lowest BCUT2D eigenvalue weighted by atomic mass is 9.87. The molecule has 0 fully saturated rings. The van der Waals surface area contributed by atoms with Gasteiger partial charge in [-0.05, 0) is 19.4 Å². The van der Waals surface area contributed by atoms with Gasteiger partial charge in [-0.25, -0.2) is 0 Å². The molecule has 0 bridgehead atoms. The van der Waals surface area contributed by atoms with Crippen LogP contribution in [0, 0.1) is 11.8 Å². The Balaban J connectivity index is 5.31. The van der Waals surface area contributed by atoms with Crippen molar-refractivity contribution in [1.29, 1.82) is 0 Å². The Kier molecular flexibility index (Phi) is 8.62. The van der Waals surface area contributed by atoms with Crippen LogP contribution >= 0.6 is 0 Å². The molecule has 0 aromatic rings. The number of aliphatic carboxylic acids is 2. The van der Waals surface area contributed by atoms with E-state index in [0.29, 0.717) is 16.7 Å². The highest BCUT2D eigenvalue weighted by Gasteiger charge is 2.43. The summed E-state index contributed by atoms with van der Waals surface area (Å²) < 4.78 is 10.6. The summed E-state index contributed by atoms with van der Waals surface area (Å²) in [6.45, 7) is 5.86. The Labute approximate surface area is 116 Å². The number of hydrogen-bond donors (Lipinski definition) is 2. The SMILES string of the molecule is CCOC(OCC)C(C(=O)O)C(C(=O)O)C([SiH3])CC. The van der Waals surface area contributed by atoms with Gasteiger partial charge in [-0.15, -0.1) is 0 Å². The topological polar surface area (TPSA) is 93.1 Å². The van der Waals surface area contributed by atoms with Crippen molar-refractivity contribution in [2.45, 2.75) is 39.0 Å². The van der Waals surface area contributed by atoms with Gasteiger partial charge >= 0.3 is 11.9 Å². The maximum absolute atomic E-state index is 11.4. The molecular formula is C12H24O6Si. The zero-order valence-corrected chi connectivity index (χ0v) is 14.0. The lowest BCUT2D eigenvalue weighted by molar-refractivity contribution is -0.198. The van der Waals surface area contributed by atoms with Crippen molar-refractivity contribution in [2.75, 3.05) is 13.2 Å². The van der Waals surface area contributed by atoms with E-state index in [0.717, 1.165) is 0 Å². The van der Waals surface area contributed by atoms with E-state index in [-0.39, 0.29) is 18.8 Å². The van der Waals surface area contributed by atoms with Crippen LogP contribution in [0.3, 0.4) is 0 Å². The van der Waals surface area contributed by atoms with Crippen molar-refractivity contribution < 1.29 is 29.3 Å². The summed E-state index contributed by atoms with van der Waals surface area (Å²) in [5.41, 5.74) is -0.137. The van der Waals surface area contributed by atoms with E-state index in [1.807, 2.05) is 6.92 Å². The Bertz CT molecular complexity index is 290. The third-order valence-electron chi connectivity index (χ3n) is 3.17. The second-order valence-electron chi connectivity index (χ2n) is 4.39. The van der Waals surface area contributed by atoms with Crippen LogP contribution in [0.15, 0.2) is 0 Å². The number of rotatable bonds is 10. The highest BCUT2D eigenvalue weighted by atomic mass is 28.1. The number of carboxylic acids is 2. The summed E-state index contributed by atoms with van der Waals surface area (Å²) in [7, 11) is 0.613. The summed E-state index contributed by atoms with van der Waals surface area (Å²) in [6, 6.07) is 0. The molecule has 19 heavy (non-hydrogen) atoms. The van der Waals surface area contributed by atoms with Crippen molar-refractivity contribution in [3.05, 3.63) is 0 Å². The maximum Gasteiger partial charge on any atom is 0.312 e. The fourth-order valence-electron chi connectivity index (χ4n) is 2.03. The van der Waals surface area contributed by atoms with E-state index in [9.17, 15) is 19.8 Å². The van der Waals surface area contributed by atoms with E-state index < -0.39 is 30.1 Å². The second-order valence-corrected chi connectivity index (χ2v) is 5.88. The summed E-state index contributed by atoms with van der Waals surface area (Å²) in [5.74, 6) is -4.44. The van der Waals surface area contributed by atoms with Gasteiger partial charge in [0.05, 0.1) is 5.92 Å². The smallest absolute Gasteiger partial charge is 0.312 e. The molecule has 0 amide bonds. The Morgan fingerprint density at radius 1 is 1.00 bits per heavy atom. The first kappa shape index (κ1) is 18.1. The zero-order valence-electron chi connectivity index (χ0n) is 12.0. The lowest BCUT2D eigenvalue weighted by Gasteiger charge is -2.30. The van der Waals surface area contributed by atoms with Gasteiger partial charge in [0, 0.05) is 23.5 Å². The highest BCUT2D eigenvalue weighted by molar-refractivity contribution is 6.13. The molecule has 0 aliphatic heterocycles. The molecule has 2 N–H and O–H groups in total. The van der Waals surface area contributed by atoms with Crippen LogP contribution < -0.4 is 0 Å². The van der Waals surface area contributed by atoms with Crippen LogP contribution in [0.25, 0.3) is 0 Å². The molecule has 0 rings (SSSR count). The Morgan fingerprint density at radius 3 is 1.68 bits per heavy atom. The van der Waals surface area contributed by atoms with Crippen molar-refractivity contribution >= 4 is 22.2 Å². The summed E-state index contributed by atoms with van der Waals surface area (Å²) in [4.78, 5) is 22.9. The molecule has 3 unspecified atom stereocenters. The fraction of sp³-hybridized carbons (Fsp3) is 0.833. The first-order valence-electron chi connectivity index (χ1n) is 6.59. The lowest BCUT2D eigenvalue weighted by Crippen LogP contribution is -2.43. The van der Waals surface area contributed by atoms with Gasteiger partial charge in [-0.2, -0.15) is 0 Å². The van der Waals surface area contributed by atoms with Crippen LogP contribution in [-0.4, -0.2) is 51.9 Å². The van der Waals surface area contributed by atoms with Crippen molar-refractivity contribution in [1.82, 2.24) is 0 Å². The molecule has 0 heterocycles. The molecule has 6 nitrogen and oxygen atoms in total. The van der Waals surface area contributed by atoms with Gasteiger partial charge in [0.15, 0.2) is 6.29 Å². The molecule has 0 aromatic carbocycles. The molecular weight excluding hydrogens is 268 g/mol.